The van der Waals surface area contributed by atoms with Crippen molar-refractivity contribution in [2.24, 2.45) is 10.4 Å². The minimum Gasteiger partial charge on any atom is -0.283 e. The third-order valence-corrected chi connectivity index (χ3v) is 1.04. The Kier molecular flexibility index (Phi) is 4.64. The van der Waals surface area contributed by atoms with E-state index in [1.807, 2.05) is 0 Å². The number of hydrogen-bond donors (Lipinski definition) is 0. The molecule has 0 fully saturated rings. The summed E-state index contributed by atoms with van der Waals surface area (Å²) in [6.07, 6.45) is 0.660. The fourth-order valence-electron chi connectivity index (χ4n) is 0.497. The van der Waals surface area contributed by atoms with Gasteiger partial charge in [-0.15, -0.1) is 0 Å². The standard InChI is InChI=1S/C5H10N6O4/c1-8(2)6-7-9(3)4-5(10(12)13)11(14)15/h4H,1-3H3. The van der Waals surface area contributed by atoms with Crippen LogP contribution in [0.25, 0.3) is 0 Å². The quantitative estimate of drug-likeness (QED) is 0.367. The number of nitrogens with zero attached hydrogens (tertiary/aromatic N) is 6. The van der Waals surface area contributed by atoms with Crippen molar-refractivity contribution in [2.75, 3.05) is 21.1 Å². The summed E-state index contributed by atoms with van der Waals surface area (Å²) in [4.78, 5) is 18.2. The fourth-order valence-corrected chi connectivity index (χ4v) is 0.497. The Morgan fingerprint density at radius 2 is 1.60 bits per heavy atom. The van der Waals surface area contributed by atoms with Crippen molar-refractivity contribution in [2.45, 2.75) is 0 Å². The predicted molar refractivity (Wildman–Crippen MR) is 48.4 cm³/mol. The summed E-state index contributed by atoms with van der Waals surface area (Å²) >= 11 is 0. The molecule has 0 bridgehead atoms. The van der Waals surface area contributed by atoms with Crippen LogP contribution in [0.3, 0.4) is 0 Å². The molecule has 0 amide bonds. The lowest BCUT2D eigenvalue weighted by Gasteiger charge is -2.04. The van der Waals surface area contributed by atoms with E-state index in [0.29, 0.717) is 6.20 Å². The van der Waals surface area contributed by atoms with Crippen LogP contribution >= 0.6 is 0 Å². The van der Waals surface area contributed by atoms with E-state index in [0.717, 1.165) is 5.01 Å². The summed E-state index contributed by atoms with van der Waals surface area (Å²) < 4.78 is 0. The molecule has 0 unspecified atom stereocenters. The molecule has 10 nitrogen and oxygen atoms in total. The molecule has 0 radical (unpaired) electrons. The third kappa shape index (κ3) is 5.13. The second kappa shape index (κ2) is 5.47. The SMILES string of the molecule is CN(C)N=NN(C)C=C([N+](=O)[O-])[N+](=O)[O-]. The lowest BCUT2D eigenvalue weighted by molar-refractivity contribution is -0.616. The van der Waals surface area contributed by atoms with Gasteiger partial charge in [-0.05, 0) is 5.22 Å². The van der Waals surface area contributed by atoms with Crippen LogP contribution in [-0.4, -0.2) is 41.0 Å². The minimum atomic E-state index is -1.17. The van der Waals surface area contributed by atoms with E-state index in [-0.39, 0.29) is 0 Å². The van der Waals surface area contributed by atoms with Gasteiger partial charge in [0.2, 0.25) is 0 Å². The number of rotatable bonds is 5. The molecule has 0 N–H and O–H groups in total. The molecule has 0 aliphatic heterocycles. The van der Waals surface area contributed by atoms with E-state index in [2.05, 4.69) is 10.4 Å². The van der Waals surface area contributed by atoms with Gasteiger partial charge in [0.1, 0.15) is 9.85 Å². The molecular weight excluding hydrogens is 208 g/mol. The van der Waals surface area contributed by atoms with E-state index in [1.54, 1.807) is 14.1 Å². The van der Waals surface area contributed by atoms with Crippen molar-refractivity contribution in [1.82, 2.24) is 10.0 Å². The molecule has 0 saturated heterocycles. The maximum atomic E-state index is 10.2. The summed E-state index contributed by atoms with van der Waals surface area (Å²) in [6, 6.07) is 0. The van der Waals surface area contributed by atoms with Gasteiger partial charge in [-0.1, -0.05) is 5.22 Å². The molecule has 0 spiro atoms. The molecule has 0 saturated carbocycles. The highest BCUT2D eigenvalue weighted by Gasteiger charge is 2.25. The summed E-state index contributed by atoms with van der Waals surface area (Å²) in [5, 5.41) is 29.5. The predicted octanol–water partition coefficient (Wildman–Crippen LogP) is 0.114. The molecular formula is C5H10N6O4. The van der Waals surface area contributed by atoms with Gasteiger partial charge < -0.3 is 0 Å². The molecule has 0 heterocycles. The monoisotopic (exact) mass is 218 g/mol. The molecule has 0 aromatic heterocycles. The summed E-state index contributed by atoms with van der Waals surface area (Å²) in [6.45, 7) is 0. The van der Waals surface area contributed by atoms with E-state index in [9.17, 15) is 20.2 Å². The van der Waals surface area contributed by atoms with Gasteiger partial charge >= 0.3 is 5.82 Å². The topological polar surface area (TPSA) is 117 Å². The van der Waals surface area contributed by atoms with Gasteiger partial charge in [-0.2, -0.15) is 0 Å². The van der Waals surface area contributed by atoms with Crippen molar-refractivity contribution >= 4 is 0 Å². The average Bonchev–Trinajstić information content (AvgIpc) is 2.09. The Labute approximate surface area is 84.7 Å². The number of nitro groups is 2. The van der Waals surface area contributed by atoms with Crippen molar-refractivity contribution in [1.29, 1.82) is 0 Å². The van der Waals surface area contributed by atoms with Gasteiger partial charge in [-0.3, -0.25) is 25.2 Å². The molecule has 15 heavy (non-hydrogen) atoms. The third-order valence-electron chi connectivity index (χ3n) is 1.04. The van der Waals surface area contributed by atoms with Gasteiger partial charge in [0.05, 0.1) is 0 Å². The Morgan fingerprint density at radius 1 is 1.13 bits per heavy atom. The summed E-state index contributed by atoms with van der Waals surface area (Å²) in [7, 11) is 4.46. The van der Waals surface area contributed by atoms with Crippen LogP contribution in [0.1, 0.15) is 0 Å². The highest BCUT2D eigenvalue weighted by atomic mass is 16.7. The largest absolute Gasteiger partial charge is 0.576 e. The Morgan fingerprint density at radius 3 is 1.93 bits per heavy atom. The lowest BCUT2D eigenvalue weighted by Crippen LogP contribution is -2.14. The average molecular weight is 218 g/mol. The van der Waals surface area contributed by atoms with E-state index in [1.165, 1.54) is 12.1 Å². The molecule has 0 aromatic carbocycles. The Hall–Kier alpha value is -2.26. The van der Waals surface area contributed by atoms with Crippen LogP contribution in [0.5, 0.6) is 0 Å². The van der Waals surface area contributed by atoms with Crippen LogP contribution < -0.4 is 0 Å². The van der Waals surface area contributed by atoms with Crippen LogP contribution in [-0.2, 0) is 0 Å². The molecule has 0 aliphatic carbocycles. The van der Waals surface area contributed by atoms with Crippen LogP contribution in [0.4, 0.5) is 0 Å². The summed E-state index contributed by atoms with van der Waals surface area (Å²) in [5.74, 6) is -1.17. The second-order valence-corrected chi connectivity index (χ2v) is 2.60. The second-order valence-electron chi connectivity index (χ2n) is 2.60. The minimum absolute atomic E-state index is 0.660. The highest BCUT2D eigenvalue weighted by molar-refractivity contribution is 4.77. The first kappa shape index (κ1) is 12.7. The lowest BCUT2D eigenvalue weighted by atomic mass is 10.7. The first-order valence-corrected chi connectivity index (χ1v) is 3.67. The maximum Gasteiger partial charge on any atom is 0.576 e. The van der Waals surface area contributed by atoms with Crippen molar-refractivity contribution in [3.8, 4) is 0 Å². The molecule has 84 valence electrons. The van der Waals surface area contributed by atoms with E-state index in [4.69, 9.17) is 0 Å². The van der Waals surface area contributed by atoms with Crippen LogP contribution in [0.2, 0.25) is 0 Å². The Balaban J connectivity index is 4.69. The van der Waals surface area contributed by atoms with Crippen molar-refractivity contribution in [3.63, 3.8) is 0 Å². The van der Waals surface area contributed by atoms with Gasteiger partial charge in [0.25, 0.3) is 0 Å². The van der Waals surface area contributed by atoms with Gasteiger partial charge in [-0.25, -0.2) is 5.01 Å². The zero-order valence-electron chi connectivity index (χ0n) is 8.39. The number of hydrogen-bond acceptors (Lipinski definition) is 6. The zero-order chi connectivity index (χ0) is 12.0. The first-order chi connectivity index (χ1) is 6.84. The molecule has 0 aromatic rings. The van der Waals surface area contributed by atoms with Crippen LogP contribution in [0.15, 0.2) is 22.5 Å². The zero-order valence-corrected chi connectivity index (χ0v) is 8.39. The van der Waals surface area contributed by atoms with Gasteiger partial charge in [0.15, 0.2) is 6.20 Å². The van der Waals surface area contributed by atoms with E-state index < -0.39 is 15.7 Å². The molecule has 10 heteroatoms. The fraction of sp³-hybridized carbons (Fsp3) is 0.600. The van der Waals surface area contributed by atoms with Gasteiger partial charge in [0, 0.05) is 21.1 Å². The normalized spacial score (nSPS) is 9.80. The smallest absolute Gasteiger partial charge is 0.283 e. The van der Waals surface area contributed by atoms with Crippen molar-refractivity contribution in [3.05, 3.63) is 32.2 Å². The van der Waals surface area contributed by atoms with Crippen LogP contribution in [0, 0.1) is 20.2 Å². The molecule has 0 aliphatic rings. The van der Waals surface area contributed by atoms with Crippen molar-refractivity contribution < 1.29 is 9.85 Å². The summed E-state index contributed by atoms with van der Waals surface area (Å²) in [5.41, 5.74) is 0. The molecule has 0 atom stereocenters. The molecule has 0 rings (SSSR count). The first-order valence-electron chi connectivity index (χ1n) is 3.67. The highest BCUT2D eigenvalue weighted by Crippen LogP contribution is 1.99. The Bertz CT molecular complexity index is 295. The van der Waals surface area contributed by atoms with E-state index >= 15 is 0 Å². The maximum absolute atomic E-state index is 10.2.